The van der Waals surface area contributed by atoms with Crippen LogP contribution in [0.3, 0.4) is 0 Å². The third-order valence-corrected chi connectivity index (χ3v) is 5.41. The lowest BCUT2D eigenvalue weighted by Gasteiger charge is -2.20. The molecule has 1 aliphatic heterocycles. The van der Waals surface area contributed by atoms with Crippen molar-refractivity contribution in [1.29, 1.82) is 0 Å². The van der Waals surface area contributed by atoms with E-state index in [1.54, 1.807) is 13.3 Å². The van der Waals surface area contributed by atoms with Gasteiger partial charge in [-0.2, -0.15) is 4.98 Å². The van der Waals surface area contributed by atoms with E-state index < -0.39 is 5.82 Å². The maximum atomic E-state index is 13.7. The van der Waals surface area contributed by atoms with Gasteiger partial charge in [0.25, 0.3) is 0 Å². The summed E-state index contributed by atoms with van der Waals surface area (Å²) >= 11 is 0. The minimum Gasteiger partial charge on any atom is -0.497 e. The molecule has 0 spiro atoms. The molecule has 1 aliphatic rings. The third kappa shape index (κ3) is 4.37. The molecule has 0 saturated carbocycles. The number of rotatable bonds is 6. The minimum atomic E-state index is -0.422. The van der Waals surface area contributed by atoms with Gasteiger partial charge in [-0.05, 0) is 42.6 Å². The molecule has 32 heavy (non-hydrogen) atoms. The van der Waals surface area contributed by atoms with E-state index in [9.17, 15) is 4.39 Å². The van der Waals surface area contributed by atoms with E-state index in [-0.39, 0.29) is 12.4 Å². The van der Waals surface area contributed by atoms with Gasteiger partial charge >= 0.3 is 0 Å². The molecular weight excluding hydrogens is 433 g/mol. The molecule has 9 heteroatoms. The second-order valence-corrected chi connectivity index (χ2v) is 7.38. The lowest BCUT2D eigenvalue weighted by molar-refractivity contribution is 0.284. The first-order chi connectivity index (χ1) is 15.2. The highest BCUT2D eigenvalue weighted by Crippen LogP contribution is 2.27. The molecule has 5 rings (SSSR count). The van der Waals surface area contributed by atoms with Crippen LogP contribution in [0.15, 0.2) is 48.9 Å². The molecule has 0 fully saturated rings. The van der Waals surface area contributed by atoms with E-state index in [1.807, 2.05) is 24.4 Å². The van der Waals surface area contributed by atoms with Crippen molar-refractivity contribution < 1.29 is 13.9 Å². The second-order valence-electron chi connectivity index (χ2n) is 7.38. The molecule has 0 saturated heterocycles. The number of halogens is 2. The summed E-state index contributed by atoms with van der Waals surface area (Å²) in [6, 6.07) is 9.46. The van der Waals surface area contributed by atoms with E-state index in [2.05, 4.69) is 30.9 Å². The van der Waals surface area contributed by atoms with Gasteiger partial charge in [-0.1, -0.05) is 0 Å². The molecule has 0 aliphatic carbocycles. The van der Waals surface area contributed by atoms with Crippen molar-refractivity contribution in [3.05, 3.63) is 66.0 Å². The number of pyridine rings is 1. The highest BCUT2D eigenvalue weighted by molar-refractivity contribution is 5.85. The lowest BCUT2D eigenvalue weighted by Crippen LogP contribution is -2.26. The first-order valence-corrected chi connectivity index (χ1v) is 10.2. The Morgan fingerprint density at radius 1 is 1.16 bits per heavy atom. The molecule has 7 nitrogen and oxygen atoms in total. The number of benzene rings is 1. The van der Waals surface area contributed by atoms with Crippen LogP contribution in [-0.2, 0) is 19.5 Å². The van der Waals surface area contributed by atoms with E-state index in [0.29, 0.717) is 37.0 Å². The number of aromatic nitrogens is 4. The Kier molecular flexibility index (Phi) is 6.53. The Morgan fingerprint density at radius 3 is 2.91 bits per heavy atom. The van der Waals surface area contributed by atoms with Gasteiger partial charge in [0.2, 0.25) is 5.88 Å². The summed E-state index contributed by atoms with van der Waals surface area (Å²) in [7, 11) is 1.66. The molecule has 3 aromatic heterocycles. The fraction of sp³-hybridized carbons (Fsp3) is 0.261. The van der Waals surface area contributed by atoms with Crippen molar-refractivity contribution in [1.82, 2.24) is 24.8 Å². The van der Waals surface area contributed by atoms with Crippen molar-refractivity contribution in [2.45, 2.75) is 19.5 Å². The summed E-state index contributed by atoms with van der Waals surface area (Å²) in [6.45, 7) is 2.57. The maximum absolute atomic E-state index is 13.7. The standard InChI is InChI=1S/C23H22FN5O2.ClH/c1-30-18-3-2-15-5-7-29(21(15)11-18)8-9-31-23-19-4-6-25-14-20(19)27-22(28-23)16-10-17(24)13-26-12-16;/h2-3,5,7,10-13,25H,4,6,8-9,14H2,1H3;1H. The summed E-state index contributed by atoms with van der Waals surface area (Å²) in [5.41, 5.74) is 3.50. The topological polar surface area (TPSA) is 74.1 Å². The van der Waals surface area contributed by atoms with Gasteiger partial charge in [0, 0.05) is 36.1 Å². The van der Waals surface area contributed by atoms with Crippen LogP contribution in [-0.4, -0.2) is 39.8 Å². The van der Waals surface area contributed by atoms with Gasteiger partial charge in [0.15, 0.2) is 5.82 Å². The SMILES string of the molecule is COc1ccc2ccn(CCOc3nc(-c4cncc(F)c4)nc4c3CCNC4)c2c1.Cl. The van der Waals surface area contributed by atoms with Crippen LogP contribution in [0.1, 0.15) is 11.3 Å². The Hall–Kier alpha value is -3.23. The number of nitrogens with one attached hydrogen (secondary N) is 1. The number of nitrogens with zero attached hydrogens (tertiary/aromatic N) is 4. The number of hydrogen-bond acceptors (Lipinski definition) is 6. The fourth-order valence-electron chi connectivity index (χ4n) is 3.83. The van der Waals surface area contributed by atoms with Crippen LogP contribution in [0.5, 0.6) is 11.6 Å². The Morgan fingerprint density at radius 2 is 2.06 bits per heavy atom. The van der Waals surface area contributed by atoms with Crippen LogP contribution in [0, 0.1) is 5.82 Å². The van der Waals surface area contributed by atoms with E-state index in [0.717, 1.165) is 47.1 Å². The number of fused-ring (bicyclic) bond motifs is 2. The lowest BCUT2D eigenvalue weighted by atomic mass is 10.1. The highest BCUT2D eigenvalue weighted by Gasteiger charge is 2.20. The van der Waals surface area contributed by atoms with Crippen LogP contribution < -0.4 is 14.8 Å². The van der Waals surface area contributed by atoms with Gasteiger partial charge in [0.1, 0.15) is 18.2 Å². The zero-order valence-corrected chi connectivity index (χ0v) is 18.4. The molecule has 166 valence electrons. The van der Waals surface area contributed by atoms with Gasteiger partial charge in [0.05, 0.1) is 31.1 Å². The second kappa shape index (κ2) is 9.50. The molecule has 0 unspecified atom stereocenters. The Balaban J connectivity index is 0.00000245. The predicted molar refractivity (Wildman–Crippen MR) is 122 cm³/mol. The van der Waals surface area contributed by atoms with Crippen LogP contribution in [0.4, 0.5) is 4.39 Å². The molecular formula is C23H23ClFN5O2. The quantitative estimate of drug-likeness (QED) is 0.477. The number of methoxy groups -OCH3 is 1. The smallest absolute Gasteiger partial charge is 0.220 e. The van der Waals surface area contributed by atoms with E-state index in [4.69, 9.17) is 9.47 Å². The highest BCUT2D eigenvalue weighted by atomic mass is 35.5. The van der Waals surface area contributed by atoms with E-state index in [1.165, 1.54) is 6.07 Å². The molecule has 0 bridgehead atoms. The average Bonchev–Trinajstić information content (AvgIpc) is 3.21. The molecule has 1 aromatic carbocycles. The van der Waals surface area contributed by atoms with Crippen LogP contribution >= 0.6 is 12.4 Å². The van der Waals surface area contributed by atoms with Crippen molar-refractivity contribution in [3.8, 4) is 23.0 Å². The number of ether oxygens (including phenoxy) is 2. The summed E-state index contributed by atoms with van der Waals surface area (Å²) in [5, 5.41) is 4.46. The van der Waals surface area contributed by atoms with Crippen LogP contribution in [0.25, 0.3) is 22.3 Å². The van der Waals surface area contributed by atoms with E-state index >= 15 is 0 Å². The summed E-state index contributed by atoms with van der Waals surface area (Å²) in [6.07, 6.45) is 5.55. The Labute approximate surface area is 191 Å². The van der Waals surface area contributed by atoms with Gasteiger partial charge < -0.3 is 19.4 Å². The van der Waals surface area contributed by atoms with Gasteiger partial charge in [-0.15, -0.1) is 12.4 Å². The maximum Gasteiger partial charge on any atom is 0.220 e. The van der Waals surface area contributed by atoms with Crippen LogP contribution in [0.2, 0.25) is 0 Å². The molecule has 0 radical (unpaired) electrons. The predicted octanol–water partition coefficient (Wildman–Crippen LogP) is 3.79. The van der Waals surface area contributed by atoms with Crippen molar-refractivity contribution >= 4 is 23.3 Å². The minimum absolute atomic E-state index is 0. The number of hydrogen-bond donors (Lipinski definition) is 1. The molecule has 4 aromatic rings. The first-order valence-electron chi connectivity index (χ1n) is 10.2. The summed E-state index contributed by atoms with van der Waals surface area (Å²) < 4.78 is 27.3. The van der Waals surface area contributed by atoms with Gasteiger partial charge in [-0.25, -0.2) is 9.37 Å². The fourth-order valence-corrected chi connectivity index (χ4v) is 3.83. The van der Waals surface area contributed by atoms with Crippen molar-refractivity contribution in [3.63, 3.8) is 0 Å². The zero-order valence-electron chi connectivity index (χ0n) is 17.5. The van der Waals surface area contributed by atoms with Gasteiger partial charge in [-0.3, -0.25) is 4.98 Å². The zero-order chi connectivity index (χ0) is 21.2. The summed E-state index contributed by atoms with van der Waals surface area (Å²) in [4.78, 5) is 13.1. The van der Waals surface area contributed by atoms with Crippen molar-refractivity contribution in [2.24, 2.45) is 0 Å². The average molecular weight is 456 g/mol. The summed E-state index contributed by atoms with van der Waals surface area (Å²) in [5.74, 6) is 1.37. The normalized spacial score (nSPS) is 12.8. The first kappa shape index (κ1) is 22.0. The monoisotopic (exact) mass is 455 g/mol. The third-order valence-electron chi connectivity index (χ3n) is 5.41. The van der Waals surface area contributed by atoms with Crippen molar-refractivity contribution in [2.75, 3.05) is 20.3 Å². The molecule has 0 atom stereocenters. The largest absolute Gasteiger partial charge is 0.497 e. The molecule has 0 amide bonds. The molecule has 4 heterocycles. The Bertz CT molecular complexity index is 1250. The molecule has 1 N–H and O–H groups in total.